The molecule has 6 nitrogen and oxygen atoms in total. The van der Waals surface area contributed by atoms with Crippen molar-refractivity contribution in [1.82, 2.24) is 20.4 Å². The Kier molecular flexibility index (Phi) is 3.79. The first kappa shape index (κ1) is 11.7. The third-order valence-electron chi connectivity index (χ3n) is 2.25. The molecule has 2 aromatic rings. The molecule has 6 heteroatoms. The van der Waals surface area contributed by atoms with Crippen molar-refractivity contribution >= 4 is 0 Å². The molecule has 2 heterocycles. The first-order valence-electron chi connectivity index (χ1n) is 5.36. The summed E-state index contributed by atoms with van der Waals surface area (Å²) < 4.78 is 4.96. The van der Waals surface area contributed by atoms with Gasteiger partial charge in [0, 0.05) is 19.7 Å². The monoisotopic (exact) mass is 234 g/mol. The number of hydrogen-bond acceptors (Lipinski definition) is 6. The van der Waals surface area contributed by atoms with Gasteiger partial charge >= 0.3 is 0 Å². The van der Waals surface area contributed by atoms with Crippen molar-refractivity contribution in [2.75, 3.05) is 13.2 Å². The van der Waals surface area contributed by atoms with Gasteiger partial charge in [-0.15, -0.1) is 0 Å². The zero-order valence-corrected chi connectivity index (χ0v) is 9.50. The van der Waals surface area contributed by atoms with Crippen LogP contribution in [-0.4, -0.2) is 33.4 Å². The third kappa shape index (κ3) is 2.86. The van der Waals surface area contributed by atoms with Crippen LogP contribution >= 0.6 is 0 Å². The van der Waals surface area contributed by atoms with E-state index in [-0.39, 0.29) is 12.6 Å². The van der Waals surface area contributed by atoms with Crippen molar-refractivity contribution in [3.8, 4) is 0 Å². The molecule has 0 saturated carbocycles. The van der Waals surface area contributed by atoms with Gasteiger partial charge in [0.2, 0.25) is 5.89 Å². The van der Waals surface area contributed by atoms with Gasteiger partial charge in [0.15, 0.2) is 5.82 Å². The van der Waals surface area contributed by atoms with Gasteiger partial charge in [0.25, 0.3) is 0 Å². The predicted molar refractivity (Wildman–Crippen MR) is 60.2 cm³/mol. The standard InChI is InChI=1S/C11H14N4O2/c1-8-14-11(15-17-8)10(13-6-7-16)9-4-2-3-5-12-9/h2-5,10,13,16H,6-7H2,1H3/t10-/m1/s1. The molecule has 0 spiro atoms. The van der Waals surface area contributed by atoms with E-state index in [9.17, 15) is 0 Å². The Hall–Kier alpha value is -1.79. The number of rotatable bonds is 5. The van der Waals surface area contributed by atoms with E-state index in [1.807, 2.05) is 18.2 Å². The van der Waals surface area contributed by atoms with E-state index < -0.39 is 0 Å². The molecule has 2 N–H and O–H groups in total. The fourth-order valence-corrected chi connectivity index (χ4v) is 1.52. The smallest absolute Gasteiger partial charge is 0.223 e. The Bertz CT molecular complexity index is 458. The molecule has 0 fully saturated rings. The van der Waals surface area contributed by atoms with Gasteiger partial charge in [-0.1, -0.05) is 11.2 Å². The molecule has 0 aliphatic rings. The highest BCUT2D eigenvalue weighted by Gasteiger charge is 2.19. The van der Waals surface area contributed by atoms with Crippen LogP contribution < -0.4 is 5.32 Å². The second-order valence-corrected chi connectivity index (χ2v) is 3.54. The van der Waals surface area contributed by atoms with Crippen LogP contribution in [0, 0.1) is 6.92 Å². The molecule has 0 radical (unpaired) electrons. The largest absolute Gasteiger partial charge is 0.395 e. The SMILES string of the molecule is Cc1nc([C@H](NCCO)c2ccccn2)no1. The highest BCUT2D eigenvalue weighted by atomic mass is 16.5. The molecular weight excluding hydrogens is 220 g/mol. The lowest BCUT2D eigenvalue weighted by atomic mass is 10.1. The number of pyridine rings is 1. The van der Waals surface area contributed by atoms with Gasteiger partial charge in [-0.2, -0.15) is 4.98 Å². The lowest BCUT2D eigenvalue weighted by Gasteiger charge is -2.13. The van der Waals surface area contributed by atoms with E-state index in [0.717, 1.165) is 5.69 Å². The number of aryl methyl sites for hydroxylation is 1. The Morgan fingerprint density at radius 1 is 1.47 bits per heavy atom. The summed E-state index contributed by atoms with van der Waals surface area (Å²) in [5.41, 5.74) is 0.793. The molecule has 0 bridgehead atoms. The average molecular weight is 234 g/mol. The normalized spacial score (nSPS) is 12.6. The fraction of sp³-hybridized carbons (Fsp3) is 0.364. The molecule has 2 aromatic heterocycles. The van der Waals surface area contributed by atoms with E-state index in [1.54, 1.807) is 13.1 Å². The van der Waals surface area contributed by atoms with Crippen LogP contribution in [0.3, 0.4) is 0 Å². The topological polar surface area (TPSA) is 84.1 Å². The van der Waals surface area contributed by atoms with Crippen molar-refractivity contribution < 1.29 is 9.63 Å². The predicted octanol–water partition coefficient (Wildman–Crippen LogP) is 0.444. The lowest BCUT2D eigenvalue weighted by molar-refractivity contribution is 0.285. The summed E-state index contributed by atoms with van der Waals surface area (Å²) in [6.45, 7) is 2.22. The molecule has 0 aliphatic carbocycles. The zero-order valence-electron chi connectivity index (χ0n) is 9.50. The van der Waals surface area contributed by atoms with Gasteiger partial charge in [-0.05, 0) is 12.1 Å². The van der Waals surface area contributed by atoms with Gasteiger partial charge in [0.05, 0.1) is 12.3 Å². The summed E-state index contributed by atoms with van der Waals surface area (Å²) in [5.74, 6) is 1.03. The maximum absolute atomic E-state index is 8.87. The highest BCUT2D eigenvalue weighted by Crippen LogP contribution is 2.16. The molecule has 0 saturated heterocycles. The second kappa shape index (κ2) is 5.51. The molecule has 17 heavy (non-hydrogen) atoms. The third-order valence-corrected chi connectivity index (χ3v) is 2.25. The van der Waals surface area contributed by atoms with Gasteiger partial charge in [-0.25, -0.2) is 0 Å². The zero-order chi connectivity index (χ0) is 12.1. The van der Waals surface area contributed by atoms with Crippen molar-refractivity contribution in [3.63, 3.8) is 0 Å². The minimum absolute atomic E-state index is 0.0418. The van der Waals surface area contributed by atoms with Crippen LogP contribution in [0.5, 0.6) is 0 Å². The summed E-state index contributed by atoms with van der Waals surface area (Å²) in [6.07, 6.45) is 1.70. The van der Waals surface area contributed by atoms with Gasteiger partial charge in [0.1, 0.15) is 6.04 Å². The minimum atomic E-state index is -0.263. The van der Waals surface area contributed by atoms with Crippen LogP contribution in [0.15, 0.2) is 28.9 Å². The van der Waals surface area contributed by atoms with Crippen LogP contribution in [0.2, 0.25) is 0 Å². The Morgan fingerprint density at radius 3 is 2.94 bits per heavy atom. The van der Waals surface area contributed by atoms with Crippen molar-refractivity contribution in [1.29, 1.82) is 0 Å². The molecule has 2 rings (SSSR count). The lowest BCUT2D eigenvalue weighted by Crippen LogP contribution is -2.27. The van der Waals surface area contributed by atoms with Crippen molar-refractivity contribution in [2.45, 2.75) is 13.0 Å². The Labute approximate surface area is 98.7 Å². The molecule has 1 atom stereocenters. The van der Waals surface area contributed by atoms with E-state index in [4.69, 9.17) is 9.63 Å². The summed E-state index contributed by atoms with van der Waals surface area (Å²) in [6, 6.07) is 5.35. The maximum Gasteiger partial charge on any atom is 0.223 e. The Morgan fingerprint density at radius 2 is 2.35 bits per heavy atom. The number of aliphatic hydroxyl groups is 1. The number of aromatic nitrogens is 3. The van der Waals surface area contributed by atoms with Gasteiger partial charge in [-0.3, -0.25) is 10.3 Å². The second-order valence-electron chi connectivity index (χ2n) is 3.54. The van der Waals surface area contributed by atoms with Crippen LogP contribution in [-0.2, 0) is 0 Å². The molecule has 90 valence electrons. The number of nitrogens with zero attached hydrogens (tertiary/aromatic N) is 3. The molecule has 0 unspecified atom stereocenters. The first-order valence-corrected chi connectivity index (χ1v) is 5.36. The summed E-state index contributed by atoms with van der Waals surface area (Å²) in [5, 5.41) is 15.9. The van der Waals surface area contributed by atoms with E-state index in [0.29, 0.717) is 18.3 Å². The van der Waals surface area contributed by atoms with E-state index in [2.05, 4.69) is 20.4 Å². The Balaban J connectivity index is 2.25. The molecular formula is C11H14N4O2. The van der Waals surface area contributed by atoms with E-state index in [1.165, 1.54) is 0 Å². The van der Waals surface area contributed by atoms with Crippen LogP contribution in [0.1, 0.15) is 23.5 Å². The number of aliphatic hydroxyl groups excluding tert-OH is 1. The molecule has 0 amide bonds. The first-order chi connectivity index (χ1) is 8.31. The van der Waals surface area contributed by atoms with Crippen LogP contribution in [0.4, 0.5) is 0 Å². The number of nitrogens with one attached hydrogen (secondary N) is 1. The minimum Gasteiger partial charge on any atom is -0.395 e. The number of hydrogen-bond donors (Lipinski definition) is 2. The highest BCUT2D eigenvalue weighted by molar-refractivity contribution is 5.16. The summed E-state index contributed by atoms with van der Waals surface area (Å²) in [4.78, 5) is 8.43. The molecule has 0 aliphatic heterocycles. The van der Waals surface area contributed by atoms with Crippen LogP contribution in [0.25, 0.3) is 0 Å². The molecule has 0 aromatic carbocycles. The quantitative estimate of drug-likeness (QED) is 0.781. The van der Waals surface area contributed by atoms with Crippen molar-refractivity contribution in [2.24, 2.45) is 0 Å². The van der Waals surface area contributed by atoms with E-state index >= 15 is 0 Å². The fourth-order valence-electron chi connectivity index (χ4n) is 1.52. The maximum atomic E-state index is 8.87. The average Bonchev–Trinajstić information content (AvgIpc) is 2.78. The van der Waals surface area contributed by atoms with Crippen molar-refractivity contribution in [3.05, 3.63) is 41.8 Å². The van der Waals surface area contributed by atoms with Gasteiger partial charge < -0.3 is 9.63 Å². The summed E-state index contributed by atoms with van der Waals surface area (Å²) in [7, 11) is 0. The summed E-state index contributed by atoms with van der Waals surface area (Å²) >= 11 is 0.